The van der Waals surface area contributed by atoms with E-state index in [9.17, 15) is 4.79 Å². The lowest BCUT2D eigenvalue weighted by Gasteiger charge is -2.38. The largest absolute Gasteiger partial charge is 0.357 e. The molecule has 50 valence electrons. The summed E-state index contributed by atoms with van der Waals surface area (Å²) in [7, 11) is 1.79. The van der Waals surface area contributed by atoms with Crippen molar-refractivity contribution >= 4 is 5.91 Å². The molecule has 0 bridgehead atoms. The van der Waals surface area contributed by atoms with Crippen molar-refractivity contribution in [2.24, 2.45) is 5.92 Å². The molecule has 0 aliphatic carbocycles. The normalized spacial score (nSPS) is 40.6. The van der Waals surface area contributed by atoms with Crippen LogP contribution >= 0.6 is 0 Å². The molecule has 0 spiro atoms. The van der Waals surface area contributed by atoms with Crippen LogP contribution in [0.3, 0.4) is 0 Å². The van der Waals surface area contributed by atoms with Crippen molar-refractivity contribution in [3.8, 4) is 0 Å². The van der Waals surface area contributed by atoms with Gasteiger partial charge in [0.15, 0.2) is 0 Å². The van der Waals surface area contributed by atoms with E-state index < -0.39 is 0 Å². The van der Waals surface area contributed by atoms with E-state index in [1.807, 2.05) is 0 Å². The molecule has 2 aliphatic rings. The summed E-state index contributed by atoms with van der Waals surface area (Å²) in [4.78, 5) is 12.6. The number of carbonyl (C=O) groups is 1. The fourth-order valence-electron chi connectivity index (χ4n) is 1.51. The zero-order chi connectivity index (χ0) is 6.43. The van der Waals surface area contributed by atoms with Gasteiger partial charge in [-0.25, -0.2) is 0 Å². The first-order chi connectivity index (χ1) is 4.30. The third-order valence-electron chi connectivity index (χ3n) is 2.11. The lowest BCUT2D eigenvalue weighted by molar-refractivity contribution is -0.170. The Kier molecular flexibility index (Phi) is 0.858. The van der Waals surface area contributed by atoms with E-state index in [4.69, 9.17) is 4.74 Å². The minimum absolute atomic E-state index is 0.123. The van der Waals surface area contributed by atoms with Gasteiger partial charge < -0.3 is 9.64 Å². The number of hydrogen-bond donors (Lipinski definition) is 0. The monoisotopic (exact) mass is 127 g/mol. The van der Waals surface area contributed by atoms with Crippen LogP contribution in [0.1, 0.15) is 6.42 Å². The first-order valence-electron chi connectivity index (χ1n) is 3.19. The number of fused-ring (bicyclic) bond motifs is 1. The number of hydrogen-bond acceptors (Lipinski definition) is 2. The number of likely N-dealkylation sites (tertiary alicyclic amines) is 1. The van der Waals surface area contributed by atoms with Crippen LogP contribution in [0.15, 0.2) is 0 Å². The summed E-state index contributed by atoms with van der Waals surface area (Å²) < 4.78 is 5.24. The average Bonchev–Trinajstić information content (AvgIpc) is 2.30. The Labute approximate surface area is 53.6 Å². The molecule has 2 heterocycles. The van der Waals surface area contributed by atoms with Gasteiger partial charge in [0.2, 0.25) is 5.91 Å². The van der Waals surface area contributed by atoms with Crippen molar-refractivity contribution in [1.29, 1.82) is 0 Å². The number of carbonyl (C=O) groups excluding carboxylic acids is 1. The second kappa shape index (κ2) is 1.48. The summed E-state index contributed by atoms with van der Waals surface area (Å²) in [5.74, 6) is 0.451. The zero-order valence-electron chi connectivity index (χ0n) is 5.33. The molecule has 0 radical (unpaired) electrons. The molecule has 3 nitrogen and oxygen atoms in total. The standard InChI is InChI=1S/C6H9NO2/c1-7-5(8)4-2-3-9-6(4)7/h4,6H,2-3H2,1H3. The summed E-state index contributed by atoms with van der Waals surface area (Å²) in [6, 6.07) is 0. The van der Waals surface area contributed by atoms with E-state index in [-0.39, 0.29) is 18.1 Å². The Morgan fingerprint density at radius 3 is 3.22 bits per heavy atom. The Balaban J connectivity index is 2.14. The first kappa shape index (κ1) is 5.23. The second-order valence-corrected chi connectivity index (χ2v) is 2.61. The Bertz CT molecular complexity index is 157. The molecule has 0 saturated carbocycles. The third kappa shape index (κ3) is 0.477. The van der Waals surface area contributed by atoms with Crippen molar-refractivity contribution in [3.63, 3.8) is 0 Å². The summed E-state index contributed by atoms with van der Waals surface area (Å²) >= 11 is 0. The zero-order valence-corrected chi connectivity index (χ0v) is 5.33. The number of ether oxygens (including phenoxy) is 1. The maximum Gasteiger partial charge on any atom is 0.232 e. The fraction of sp³-hybridized carbons (Fsp3) is 0.833. The molecule has 0 aromatic carbocycles. The van der Waals surface area contributed by atoms with Gasteiger partial charge in [0.05, 0.1) is 12.5 Å². The highest BCUT2D eigenvalue weighted by Crippen LogP contribution is 2.33. The maximum atomic E-state index is 10.9. The quantitative estimate of drug-likeness (QED) is 0.422. The van der Waals surface area contributed by atoms with Gasteiger partial charge >= 0.3 is 0 Å². The van der Waals surface area contributed by atoms with Gasteiger partial charge in [0.1, 0.15) is 6.23 Å². The van der Waals surface area contributed by atoms with E-state index in [1.54, 1.807) is 11.9 Å². The highest BCUT2D eigenvalue weighted by Gasteiger charge is 2.48. The second-order valence-electron chi connectivity index (χ2n) is 2.61. The van der Waals surface area contributed by atoms with Gasteiger partial charge in [0, 0.05) is 7.05 Å². The molecule has 2 saturated heterocycles. The smallest absolute Gasteiger partial charge is 0.232 e. The molecule has 2 unspecified atom stereocenters. The minimum Gasteiger partial charge on any atom is -0.357 e. The van der Waals surface area contributed by atoms with E-state index in [0.717, 1.165) is 13.0 Å². The van der Waals surface area contributed by atoms with E-state index in [2.05, 4.69) is 0 Å². The summed E-state index contributed by atoms with van der Waals surface area (Å²) in [6.45, 7) is 0.755. The van der Waals surface area contributed by atoms with Crippen LogP contribution in [0.5, 0.6) is 0 Å². The van der Waals surface area contributed by atoms with Crippen LogP contribution in [0.25, 0.3) is 0 Å². The number of β-lactam (4-membered cyclic amide) rings is 1. The molecule has 2 fully saturated rings. The van der Waals surface area contributed by atoms with Crippen LogP contribution < -0.4 is 0 Å². The molecule has 0 aromatic heterocycles. The molecule has 2 aliphatic heterocycles. The lowest BCUT2D eigenvalue weighted by atomic mass is 9.96. The SMILES string of the molecule is CN1C(=O)C2CCOC21. The third-order valence-corrected chi connectivity index (χ3v) is 2.11. The molecule has 2 atom stereocenters. The molecule has 3 heteroatoms. The topological polar surface area (TPSA) is 29.5 Å². The van der Waals surface area contributed by atoms with Gasteiger partial charge in [-0.1, -0.05) is 0 Å². The molecule has 1 amide bonds. The van der Waals surface area contributed by atoms with Crippen molar-refractivity contribution < 1.29 is 9.53 Å². The average molecular weight is 127 g/mol. The fourth-order valence-corrected chi connectivity index (χ4v) is 1.51. The number of rotatable bonds is 0. The van der Waals surface area contributed by atoms with Crippen LogP contribution in [-0.4, -0.2) is 30.7 Å². The van der Waals surface area contributed by atoms with E-state index >= 15 is 0 Å². The molecule has 0 N–H and O–H groups in total. The van der Waals surface area contributed by atoms with Gasteiger partial charge in [-0.15, -0.1) is 0 Å². The first-order valence-corrected chi connectivity index (χ1v) is 3.19. The van der Waals surface area contributed by atoms with Crippen molar-refractivity contribution in [3.05, 3.63) is 0 Å². The van der Waals surface area contributed by atoms with Crippen LogP contribution in [0.4, 0.5) is 0 Å². The summed E-state index contributed by atoms with van der Waals surface area (Å²) in [6.07, 6.45) is 1.05. The predicted octanol–water partition coefficient (Wildman–Crippen LogP) is -0.179. The molecule has 2 rings (SSSR count). The Morgan fingerprint density at radius 1 is 1.78 bits per heavy atom. The molecular weight excluding hydrogens is 118 g/mol. The minimum atomic E-state index is 0.123. The van der Waals surface area contributed by atoms with Gasteiger partial charge in [-0.2, -0.15) is 0 Å². The summed E-state index contributed by atoms with van der Waals surface area (Å²) in [5.41, 5.74) is 0. The lowest BCUT2D eigenvalue weighted by Crippen LogP contribution is -2.56. The van der Waals surface area contributed by atoms with Gasteiger partial charge in [-0.3, -0.25) is 4.79 Å². The van der Waals surface area contributed by atoms with Gasteiger partial charge in [-0.05, 0) is 6.42 Å². The highest BCUT2D eigenvalue weighted by atomic mass is 16.5. The van der Waals surface area contributed by atoms with Gasteiger partial charge in [0.25, 0.3) is 0 Å². The predicted molar refractivity (Wildman–Crippen MR) is 30.6 cm³/mol. The Morgan fingerprint density at radius 2 is 2.56 bits per heavy atom. The van der Waals surface area contributed by atoms with Crippen molar-refractivity contribution in [2.75, 3.05) is 13.7 Å². The molecule has 0 aromatic rings. The summed E-state index contributed by atoms with van der Waals surface area (Å²) in [5, 5.41) is 0. The van der Waals surface area contributed by atoms with Crippen LogP contribution in [0, 0.1) is 5.92 Å². The molecule has 9 heavy (non-hydrogen) atoms. The van der Waals surface area contributed by atoms with E-state index in [1.165, 1.54) is 0 Å². The van der Waals surface area contributed by atoms with Crippen molar-refractivity contribution in [2.45, 2.75) is 12.6 Å². The van der Waals surface area contributed by atoms with Crippen LogP contribution in [0.2, 0.25) is 0 Å². The van der Waals surface area contributed by atoms with E-state index in [0.29, 0.717) is 0 Å². The highest BCUT2D eigenvalue weighted by molar-refractivity contribution is 5.85. The number of nitrogens with zero attached hydrogens (tertiary/aromatic N) is 1. The maximum absolute atomic E-state index is 10.9. The number of amides is 1. The van der Waals surface area contributed by atoms with Crippen LogP contribution in [-0.2, 0) is 9.53 Å². The molecular formula is C6H9NO2. The van der Waals surface area contributed by atoms with Crippen molar-refractivity contribution in [1.82, 2.24) is 4.90 Å². The Hall–Kier alpha value is -0.570.